The van der Waals surface area contributed by atoms with Crippen LogP contribution in [0.1, 0.15) is 36.8 Å². The van der Waals surface area contributed by atoms with Gasteiger partial charge in [0.15, 0.2) is 5.96 Å². The van der Waals surface area contributed by atoms with Gasteiger partial charge < -0.3 is 53.6 Å². The molecule has 0 aliphatic heterocycles. The zero-order valence-electron chi connectivity index (χ0n) is 24.4. The van der Waals surface area contributed by atoms with Crippen LogP contribution in [0.5, 0.6) is 11.5 Å². The molecule has 0 saturated heterocycles. The Morgan fingerprint density at radius 2 is 1.16 bits per heavy atom. The third-order valence-electron chi connectivity index (χ3n) is 6.58. The summed E-state index contributed by atoms with van der Waals surface area (Å²) in [4.78, 5) is 66.4. The molecule has 0 bridgehead atoms. The Labute approximate surface area is 258 Å². The molecule has 2 rings (SSSR count). The molecule has 16 heteroatoms. The van der Waals surface area contributed by atoms with Crippen molar-refractivity contribution in [1.29, 1.82) is 0 Å². The summed E-state index contributed by atoms with van der Waals surface area (Å²) in [6, 6.07) is 6.34. The maximum atomic E-state index is 13.5. The largest absolute Gasteiger partial charge is 0.508 e. The number of carboxylic acid groups (broad SMARTS) is 2. The van der Waals surface area contributed by atoms with Crippen molar-refractivity contribution in [2.45, 2.75) is 62.7 Å². The quantitative estimate of drug-likeness (QED) is 0.0521. The Kier molecular flexibility index (Phi) is 14.1. The molecule has 0 radical (unpaired) electrons. The second-order valence-electron chi connectivity index (χ2n) is 10.3. The van der Waals surface area contributed by atoms with Gasteiger partial charge in [0.05, 0.1) is 6.04 Å². The normalized spacial score (nSPS) is 13.4. The second kappa shape index (κ2) is 17.7. The minimum atomic E-state index is -1.39. The van der Waals surface area contributed by atoms with Gasteiger partial charge in [-0.15, -0.1) is 0 Å². The van der Waals surface area contributed by atoms with E-state index in [9.17, 15) is 39.3 Å². The van der Waals surface area contributed by atoms with Gasteiger partial charge in [0.25, 0.3) is 0 Å². The first-order valence-electron chi connectivity index (χ1n) is 14.0. The van der Waals surface area contributed by atoms with Gasteiger partial charge in [-0.2, -0.15) is 0 Å². The minimum absolute atomic E-state index is 0.0160. The molecule has 0 aromatic heterocycles. The molecule has 45 heavy (non-hydrogen) atoms. The lowest BCUT2D eigenvalue weighted by molar-refractivity contribution is -0.142. The summed E-state index contributed by atoms with van der Waals surface area (Å²) in [5.74, 6) is -5.17. The van der Waals surface area contributed by atoms with Gasteiger partial charge in [-0.25, -0.2) is 4.79 Å². The standard InChI is InChI=1S/C29H39N7O9/c30-20(11-12-24(39)40)25(41)35-22(14-16-3-7-18(37)8-4-16)27(43)34-21(2-1-13-33-29(31)32)26(42)36-23(28(44)45)15-17-5-9-19(38)10-6-17/h3-10,20-23,37-38H,1-2,11-15,30H2,(H,34,43)(H,35,41)(H,36,42)(H,39,40)(H,44,45)(H4,31,32,33). The van der Waals surface area contributed by atoms with Crippen LogP contribution in [0.25, 0.3) is 0 Å². The summed E-state index contributed by atoms with van der Waals surface area (Å²) in [5.41, 5.74) is 17.6. The monoisotopic (exact) mass is 629 g/mol. The number of nitrogens with two attached hydrogens (primary N) is 3. The number of carbonyl (C=O) groups is 5. The number of aliphatic carboxylic acids is 2. The smallest absolute Gasteiger partial charge is 0.326 e. The van der Waals surface area contributed by atoms with Crippen LogP contribution < -0.4 is 33.2 Å². The summed E-state index contributed by atoms with van der Waals surface area (Å²) >= 11 is 0. The van der Waals surface area contributed by atoms with E-state index in [1.165, 1.54) is 48.5 Å². The van der Waals surface area contributed by atoms with Gasteiger partial charge in [0, 0.05) is 25.8 Å². The molecular weight excluding hydrogens is 590 g/mol. The van der Waals surface area contributed by atoms with E-state index in [1.807, 2.05) is 0 Å². The average Bonchev–Trinajstić information content (AvgIpc) is 2.98. The molecule has 2 aromatic carbocycles. The predicted octanol–water partition coefficient (Wildman–Crippen LogP) is -1.33. The highest BCUT2D eigenvalue weighted by Crippen LogP contribution is 2.14. The zero-order chi connectivity index (χ0) is 33.5. The number of amides is 3. The molecule has 0 aliphatic carbocycles. The first kappa shape index (κ1) is 35.8. The van der Waals surface area contributed by atoms with Crippen molar-refractivity contribution in [3.63, 3.8) is 0 Å². The SMILES string of the molecule is NC(N)=NCCCC(NC(=O)C(Cc1ccc(O)cc1)NC(=O)C(N)CCC(=O)O)C(=O)NC(Cc1ccc(O)cc1)C(=O)O. The number of phenolic OH excluding ortho intramolecular Hbond substituents is 2. The fourth-order valence-electron chi connectivity index (χ4n) is 4.15. The number of guanidine groups is 1. The number of hydrogen-bond acceptors (Lipinski definition) is 9. The number of benzene rings is 2. The van der Waals surface area contributed by atoms with Crippen LogP contribution in [-0.2, 0) is 36.8 Å². The van der Waals surface area contributed by atoms with Crippen LogP contribution in [0.3, 0.4) is 0 Å². The molecule has 244 valence electrons. The van der Waals surface area contributed by atoms with E-state index in [4.69, 9.17) is 22.3 Å². The Hall–Kier alpha value is -5.38. The number of aromatic hydroxyl groups is 2. The number of nitrogens with one attached hydrogen (secondary N) is 3. The molecule has 0 aliphatic rings. The van der Waals surface area contributed by atoms with Crippen molar-refractivity contribution in [1.82, 2.24) is 16.0 Å². The Bertz CT molecular complexity index is 1350. The van der Waals surface area contributed by atoms with Gasteiger partial charge in [-0.3, -0.25) is 24.2 Å². The summed E-state index contributed by atoms with van der Waals surface area (Å²) < 4.78 is 0. The van der Waals surface area contributed by atoms with Crippen LogP contribution in [0.2, 0.25) is 0 Å². The van der Waals surface area contributed by atoms with Gasteiger partial charge in [-0.1, -0.05) is 24.3 Å². The van der Waals surface area contributed by atoms with E-state index in [1.54, 1.807) is 0 Å². The molecular formula is C29H39N7O9. The lowest BCUT2D eigenvalue weighted by atomic mass is 10.0. The van der Waals surface area contributed by atoms with Crippen molar-refractivity contribution in [2.24, 2.45) is 22.2 Å². The highest BCUT2D eigenvalue weighted by Gasteiger charge is 2.30. The van der Waals surface area contributed by atoms with Gasteiger partial charge in [0.1, 0.15) is 29.6 Å². The fourth-order valence-corrected chi connectivity index (χ4v) is 4.15. The van der Waals surface area contributed by atoms with Gasteiger partial charge >= 0.3 is 11.9 Å². The first-order chi connectivity index (χ1) is 21.2. The predicted molar refractivity (Wildman–Crippen MR) is 162 cm³/mol. The van der Waals surface area contributed by atoms with E-state index in [-0.39, 0.29) is 62.5 Å². The molecule has 13 N–H and O–H groups in total. The van der Waals surface area contributed by atoms with Crippen molar-refractivity contribution in [3.05, 3.63) is 59.7 Å². The minimum Gasteiger partial charge on any atom is -0.508 e. The maximum absolute atomic E-state index is 13.5. The number of hydrogen-bond donors (Lipinski definition) is 10. The summed E-state index contributed by atoms with van der Waals surface area (Å²) in [6.07, 6.45) is -0.592. The Morgan fingerprint density at radius 3 is 1.64 bits per heavy atom. The molecule has 4 atom stereocenters. The second-order valence-corrected chi connectivity index (χ2v) is 10.3. The summed E-state index contributed by atoms with van der Waals surface area (Å²) in [7, 11) is 0. The van der Waals surface area contributed by atoms with E-state index < -0.39 is 53.8 Å². The molecule has 4 unspecified atom stereocenters. The molecule has 0 fully saturated rings. The van der Waals surface area contributed by atoms with Crippen molar-refractivity contribution >= 4 is 35.6 Å². The highest BCUT2D eigenvalue weighted by molar-refractivity contribution is 5.94. The Balaban J connectivity index is 2.28. The van der Waals surface area contributed by atoms with E-state index in [0.29, 0.717) is 11.1 Å². The summed E-state index contributed by atoms with van der Waals surface area (Å²) in [6.45, 7) is 0.101. The van der Waals surface area contributed by atoms with E-state index in [0.717, 1.165) is 0 Å². The van der Waals surface area contributed by atoms with Crippen molar-refractivity contribution in [2.75, 3.05) is 6.54 Å². The topological polar surface area (TPSA) is 293 Å². The van der Waals surface area contributed by atoms with Crippen LogP contribution in [0.15, 0.2) is 53.5 Å². The highest BCUT2D eigenvalue weighted by atomic mass is 16.4. The van der Waals surface area contributed by atoms with E-state index >= 15 is 0 Å². The first-order valence-corrected chi connectivity index (χ1v) is 14.0. The van der Waals surface area contributed by atoms with Gasteiger partial charge in [0.2, 0.25) is 17.7 Å². The molecule has 16 nitrogen and oxygen atoms in total. The summed E-state index contributed by atoms with van der Waals surface area (Å²) in [5, 5.41) is 45.3. The number of rotatable bonds is 18. The van der Waals surface area contributed by atoms with Crippen molar-refractivity contribution < 1.29 is 44.4 Å². The lowest BCUT2D eigenvalue weighted by Crippen LogP contribution is -2.57. The molecule has 0 heterocycles. The number of nitrogens with zero attached hydrogens (tertiary/aromatic N) is 1. The Morgan fingerprint density at radius 1 is 0.689 bits per heavy atom. The van der Waals surface area contributed by atoms with Crippen LogP contribution in [0.4, 0.5) is 0 Å². The number of carbonyl (C=O) groups excluding carboxylic acids is 3. The third-order valence-corrected chi connectivity index (χ3v) is 6.58. The van der Waals surface area contributed by atoms with E-state index in [2.05, 4.69) is 20.9 Å². The zero-order valence-corrected chi connectivity index (χ0v) is 24.4. The fraction of sp³-hybridized carbons (Fsp3) is 0.379. The molecule has 0 saturated carbocycles. The molecule has 3 amide bonds. The average molecular weight is 630 g/mol. The molecule has 0 spiro atoms. The lowest BCUT2D eigenvalue weighted by Gasteiger charge is -2.25. The van der Waals surface area contributed by atoms with Crippen LogP contribution >= 0.6 is 0 Å². The third kappa shape index (κ3) is 13.2. The number of carboxylic acids is 2. The van der Waals surface area contributed by atoms with Gasteiger partial charge in [-0.05, 0) is 54.7 Å². The number of phenols is 2. The maximum Gasteiger partial charge on any atom is 0.326 e. The number of aliphatic imine (C=N–C) groups is 1. The van der Waals surface area contributed by atoms with Crippen LogP contribution in [0, 0.1) is 0 Å². The molecule has 2 aromatic rings. The van der Waals surface area contributed by atoms with Crippen LogP contribution in [-0.4, -0.2) is 86.8 Å². The van der Waals surface area contributed by atoms with Crippen molar-refractivity contribution in [3.8, 4) is 11.5 Å².